The Kier molecular flexibility index (Phi) is 6.67. The smallest absolute Gasteiger partial charge is 0.171 e. The second-order valence-electron chi connectivity index (χ2n) is 6.99. The fourth-order valence-corrected chi connectivity index (χ4v) is 3.66. The molecule has 1 atom stereocenters. The Labute approximate surface area is 167 Å². The highest BCUT2D eigenvalue weighted by atomic mass is 32.1. The van der Waals surface area contributed by atoms with Crippen LogP contribution in [0.1, 0.15) is 43.4 Å². The third-order valence-electron chi connectivity index (χ3n) is 4.96. The lowest BCUT2D eigenvalue weighted by Crippen LogP contribution is -2.31. The molecular weight excluding hydrogens is 352 g/mol. The zero-order chi connectivity index (χ0) is 19.1. The Morgan fingerprint density at radius 1 is 1.07 bits per heavy atom. The van der Waals surface area contributed by atoms with E-state index in [4.69, 9.17) is 17.5 Å². The van der Waals surface area contributed by atoms with Crippen molar-refractivity contribution in [1.82, 2.24) is 5.32 Å². The zero-order valence-corrected chi connectivity index (χ0v) is 16.6. The summed E-state index contributed by atoms with van der Waals surface area (Å²) in [5.74, 6) is 0. The van der Waals surface area contributed by atoms with Crippen LogP contribution in [0.4, 0.5) is 11.4 Å². The van der Waals surface area contributed by atoms with E-state index in [0.717, 1.165) is 24.3 Å². The maximum Gasteiger partial charge on any atom is 0.171 e. The zero-order valence-electron chi connectivity index (χ0n) is 15.7. The van der Waals surface area contributed by atoms with E-state index in [0.29, 0.717) is 11.5 Å². The summed E-state index contributed by atoms with van der Waals surface area (Å²) in [6.45, 7) is 4.43. The molecule has 2 aromatic rings. The molecule has 1 saturated heterocycles. The molecule has 4 nitrogen and oxygen atoms in total. The summed E-state index contributed by atoms with van der Waals surface area (Å²) in [7, 11) is 0. The minimum absolute atomic E-state index is 0.123. The highest BCUT2D eigenvalue weighted by molar-refractivity contribution is 7.80. The molecule has 2 N–H and O–H groups in total. The Hall–Kier alpha value is -2.58. The van der Waals surface area contributed by atoms with Gasteiger partial charge in [0, 0.05) is 24.5 Å². The Bertz CT molecular complexity index is 787. The number of nitriles is 1. The average molecular weight is 379 g/mol. The van der Waals surface area contributed by atoms with Gasteiger partial charge in [0.15, 0.2) is 5.11 Å². The summed E-state index contributed by atoms with van der Waals surface area (Å²) >= 11 is 5.44. The predicted molar refractivity (Wildman–Crippen MR) is 116 cm³/mol. The average Bonchev–Trinajstić information content (AvgIpc) is 2.70. The van der Waals surface area contributed by atoms with Crippen molar-refractivity contribution in [3.63, 3.8) is 0 Å². The standard InChI is InChI=1S/C22H26N4S/c1-17(19-7-11-21(12-8-19)26-15-3-2-4-16-26)24-22(27)25-20-9-5-18(6-10-20)13-14-23/h5-12,17H,2-4,13,15-16H2,1H3,(H2,24,25,27)/t17-/m1/s1. The molecular formula is C22H26N4S. The number of hydrogen-bond acceptors (Lipinski definition) is 3. The van der Waals surface area contributed by atoms with Gasteiger partial charge in [-0.15, -0.1) is 0 Å². The van der Waals surface area contributed by atoms with Crippen LogP contribution in [0.3, 0.4) is 0 Å². The molecule has 2 aromatic carbocycles. The van der Waals surface area contributed by atoms with Gasteiger partial charge in [0.25, 0.3) is 0 Å². The summed E-state index contributed by atoms with van der Waals surface area (Å²) in [5.41, 5.74) is 4.44. The molecule has 1 heterocycles. The maximum absolute atomic E-state index is 8.73. The van der Waals surface area contributed by atoms with Crippen molar-refractivity contribution in [2.75, 3.05) is 23.3 Å². The van der Waals surface area contributed by atoms with Crippen LogP contribution >= 0.6 is 12.2 Å². The quantitative estimate of drug-likeness (QED) is 0.733. The number of piperidine rings is 1. The third kappa shape index (κ3) is 5.45. The number of rotatable bonds is 5. The van der Waals surface area contributed by atoms with Gasteiger partial charge in [0.05, 0.1) is 18.5 Å². The first-order valence-electron chi connectivity index (χ1n) is 9.54. The summed E-state index contributed by atoms with van der Waals surface area (Å²) in [6.07, 6.45) is 4.35. The first-order valence-corrected chi connectivity index (χ1v) is 9.95. The highest BCUT2D eigenvalue weighted by Gasteiger charge is 2.12. The van der Waals surface area contributed by atoms with Crippen LogP contribution in [0.15, 0.2) is 48.5 Å². The minimum atomic E-state index is 0.123. The molecule has 0 bridgehead atoms. The summed E-state index contributed by atoms with van der Waals surface area (Å²) < 4.78 is 0. The number of nitrogens with one attached hydrogen (secondary N) is 2. The molecule has 0 aromatic heterocycles. The summed E-state index contributed by atoms with van der Waals surface area (Å²) in [4.78, 5) is 2.47. The van der Waals surface area contributed by atoms with Gasteiger partial charge in [0.2, 0.25) is 0 Å². The molecule has 0 spiro atoms. The van der Waals surface area contributed by atoms with E-state index in [9.17, 15) is 0 Å². The molecule has 27 heavy (non-hydrogen) atoms. The molecule has 1 fully saturated rings. The van der Waals surface area contributed by atoms with Gasteiger partial charge in [-0.25, -0.2) is 0 Å². The van der Waals surface area contributed by atoms with Gasteiger partial charge in [-0.3, -0.25) is 0 Å². The van der Waals surface area contributed by atoms with Crippen molar-refractivity contribution < 1.29 is 0 Å². The minimum Gasteiger partial charge on any atom is -0.372 e. The van der Waals surface area contributed by atoms with E-state index in [1.807, 2.05) is 24.3 Å². The number of benzene rings is 2. The second kappa shape index (κ2) is 9.38. The first kappa shape index (κ1) is 19.2. The lowest BCUT2D eigenvalue weighted by Gasteiger charge is -2.29. The van der Waals surface area contributed by atoms with Crippen molar-refractivity contribution in [2.45, 2.75) is 38.6 Å². The van der Waals surface area contributed by atoms with Crippen LogP contribution in [0.2, 0.25) is 0 Å². The number of thiocarbonyl (C=S) groups is 1. The maximum atomic E-state index is 8.73. The van der Waals surface area contributed by atoms with Crippen LogP contribution in [0, 0.1) is 11.3 Å². The number of anilines is 2. The van der Waals surface area contributed by atoms with E-state index >= 15 is 0 Å². The van der Waals surface area contributed by atoms with Crippen molar-refractivity contribution in [3.05, 3.63) is 59.7 Å². The summed E-state index contributed by atoms with van der Waals surface area (Å²) in [6, 6.07) is 18.8. The van der Waals surface area contributed by atoms with Crippen molar-refractivity contribution in [1.29, 1.82) is 5.26 Å². The Morgan fingerprint density at radius 3 is 2.37 bits per heavy atom. The van der Waals surface area contributed by atoms with E-state index < -0.39 is 0 Å². The van der Waals surface area contributed by atoms with Crippen LogP contribution in [0.25, 0.3) is 0 Å². The Morgan fingerprint density at radius 2 is 1.74 bits per heavy atom. The van der Waals surface area contributed by atoms with E-state index in [2.05, 4.69) is 52.8 Å². The first-order chi connectivity index (χ1) is 13.2. The van der Waals surface area contributed by atoms with Crippen LogP contribution < -0.4 is 15.5 Å². The number of nitrogens with zero attached hydrogens (tertiary/aromatic N) is 2. The monoisotopic (exact) mass is 378 g/mol. The van der Waals surface area contributed by atoms with Crippen molar-refractivity contribution >= 4 is 28.7 Å². The van der Waals surface area contributed by atoms with Gasteiger partial charge in [-0.1, -0.05) is 24.3 Å². The van der Waals surface area contributed by atoms with Crippen molar-refractivity contribution in [3.8, 4) is 6.07 Å². The van der Waals surface area contributed by atoms with Crippen LogP contribution in [-0.2, 0) is 6.42 Å². The predicted octanol–water partition coefficient (Wildman–Crippen LogP) is 4.79. The lowest BCUT2D eigenvalue weighted by molar-refractivity contribution is 0.577. The fraction of sp³-hybridized carbons (Fsp3) is 0.364. The topological polar surface area (TPSA) is 51.1 Å². The normalized spacial score (nSPS) is 14.9. The third-order valence-corrected chi connectivity index (χ3v) is 5.18. The van der Waals surface area contributed by atoms with Crippen molar-refractivity contribution in [2.24, 2.45) is 0 Å². The molecule has 0 saturated carbocycles. The Balaban J connectivity index is 1.53. The molecule has 5 heteroatoms. The molecule has 0 unspecified atom stereocenters. The highest BCUT2D eigenvalue weighted by Crippen LogP contribution is 2.22. The van der Waals surface area contributed by atoms with E-state index in [1.165, 1.54) is 30.5 Å². The van der Waals surface area contributed by atoms with Gasteiger partial charge in [-0.2, -0.15) is 5.26 Å². The van der Waals surface area contributed by atoms with Gasteiger partial charge in [0.1, 0.15) is 0 Å². The SMILES string of the molecule is C[C@@H](NC(=S)Nc1ccc(CC#N)cc1)c1ccc(N2CCCCC2)cc1. The second-order valence-corrected chi connectivity index (χ2v) is 7.40. The van der Waals surface area contributed by atoms with Gasteiger partial charge in [-0.05, 0) is 73.8 Å². The molecule has 0 aliphatic carbocycles. The molecule has 1 aliphatic rings. The van der Waals surface area contributed by atoms with Gasteiger partial charge >= 0.3 is 0 Å². The molecule has 1 aliphatic heterocycles. The molecule has 0 amide bonds. The van der Waals surface area contributed by atoms with Crippen LogP contribution in [0.5, 0.6) is 0 Å². The van der Waals surface area contributed by atoms with Crippen LogP contribution in [-0.4, -0.2) is 18.2 Å². The molecule has 3 rings (SSSR count). The molecule has 0 radical (unpaired) electrons. The molecule has 140 valence electrons. The lowest BCUT2D eigenvalue weighted by atomic mass is 10.1. The largest absolute Gasteiger partial charge is 0.372 e. The number of hydrogen-bond donors (Lipinski definition) is 2. The van der Waals surface area contributed by atoms with E-state index in [-0.39, 0.29) is 6.04 Å². The fourth-order valence-electron chi connectivity index (χ4n) is 3.37. The van der Waals surface area contributed by atoms with Gasteiger partial charge < -0.3 is 15.5 Å². The van der Waals surface area contributed by atoms with E-state index in [1.54, 1.807) is 0 Å². The summed E-state index contributed by atoms with van der Waals surface area (Å²) in [5, 5.41) is 15.9.